The van der Waals surface area contributed by atoms with Gasteiger partial charge in [-0.3, -0.25) is 0 Å². The van der Waals surface area contributed by atoms with E-state index in [0.717, 1.165) is 30.6 Å². The molecule has 0 aliphatic heterocycles. The number of hydrogen-bond acceptors (Lipinski definition) is 3. The predicted octanol–water partition coefficient (Wildman–Crippen LogP) is 3.14. The Morgan fingerprint density at radius 2 is 2.00 bits per heavy atom. The Morgan fingerprint density at radius 3 is 2.81 bits per heavy atom. The molecule has 0 fully saturated rings. The third-order valence-corrected chi connectivity index (χ3v) is 4.07. The second-order valence-electron chi connectivity index (χ2n) is 5.60. The van der Waals surface area contributed by atoms with Gasteiger partial charge in [0.15, 0.2) is 0 Å². The van der Waals surface area contributed by atoms with Crippen molar-refractivity contribution in [1.29, 1.82) is 0 Å². The number of hydrogen-bond donors (Lipinski definition) is 2. The minimum atomic E-state index is -0.615. The third-order valence-electron chi connectivity index (χ3n) is 4.07. The number of aliphatic hydroxyl groups excluding tert-OH is 1. The zero-order valence-electron chi connectivity index (χ0n) is 12.0. The van der Waals surface area contributed by atoms with E-state index >= 15 is 0 Å². The maximum Gasteiger partial charge on any atom is 0.119 e. The number of nitrogens with two attached hydrogens (primary N) is 1. The van der Waals surface area contributed by atoms with Crippen LogP contribution in [0.5, 0.6) is 5.75 Å². The molecular weight excluding hydrogens is 262 g/mol. The normalized spacial score (nSPS) is 18.9. The van der Waals surface area contributed by atoms with Crippen LogP contribution in [0.15, 0.2) is 48.5 Å². The number of rotatable bonds is 4. The predicted molar refractivity (Wildman–Crippen MR) is 83.2 cm³/mol. The van der Waals surface area contributed by atoms with Gasteiger partial charge >= 0.3 is 0 Å². The molecule has 3 heteroatoms. The topological polar surface area (TPSA) is 55.5 Å². The Bertz CT molecular complexity index is 597. The minimum absolute atomic E-state index is 0.108. The van der Waals surface area contributed by atoms with Crippen LogP contribution in [-0.2, 0) is 6.42 Å². The fraction of sp³-hybridized carbons (Fsp3) is 0.333. The van der Waals surface area contributed by atoms with Crippen molar-refractivity contribution in [3.8, 4) is 5.75 Å². The molecule has 2 aromatic rings. The molecule has 0 spiro atoms. The molecule has 3 N–H and O–H groups in total. The summed E-state index contributed by atoms with van der Waals surface area (Å²) in [5.74, 6) is 0.779. The Morgan fingerprint density at radius 1 is 1.19 bits per heavy atom. The first-order chi connectivity index (χ1) is 10.2. The number of aryl methyl sites for hydroxylation is 1. The molecule has 0 heterocycles. The molecule has 1 aliphatic rings. The van der Waals surface area contributed by atoms with Gasteiger partial charge in [0.2, 0.25) is 0 Å². The van der Waals surface area contributed by atoms with E-state index in [4.69, 9.17) is 10.5 Å². The summed E-state index contributed by atoms with van der Waals surface area (Å²) in [6.07, 6.45) is 2.66. The highest BCUT2D eigenvalue weighted by Gasteiger charge is 2.17. The maximum atomic E-state index is 10.1. The van der Waals surface area contributed by atoms with Crippen LogP contribution >= 0.6 is 0 Å². The molecule has 21 heavy (non-hydrogen) atoms. The summed E-state index contributed by atoms with van der Waals surface area (Å²) in [6.45, 7) is 0.248. The van der Waals surface area contributed by atoms with Crippen molar-refractivity contribution >= 4 is 0 Å². The maximum absolute atomic E-state index is 10.1. The molecule has 110 valence electrons. The summed E-state index contributed by atoms with van der Waals surface area (Å²) >= 11 is 0. The second kappa shape index (κ2) is 6.29. The molecule has 2 unspecified atom stereocenters. The van der Waals surface area contributed by atoms with Gasteiger partial charge in [0.05, 0.1) is 0 Å². The lowest BCUT2D eigenvalue weighted by atomic mass is 9.88. The highest BCUT2D eigenvalue weighted by molar-refractivity contribution is 5.39. The highest BCUT2D eigenvalue weighted by Crippen LogP contribution is 2.31. The number of aliphatic hydroxyl groups is 1. The van der Waals surface area contributed by atoms with Gasteiger partial charge in [-0.2, -0.15) is 0 Å². The SMILES string of the molecule is NC1CCCc2ccc(OCC(O)c3ccccc3)cc21. The molecular formula is C18H21NO2. The summed E-state index contributed by atoms with van der Waals surface area (Å²) in [5.41, 5.74) is 9.54. The zero-order valence-corrected chi connectivity index (χ0v) is 12.0. The Balaban J connectivity index is 1.67. The molecule has 2 atom stereocenters. The zero-order chi connectivity index (χ0) is 14.7. The molecule has 0 saturated carbocycles. The van der Waals surface area contributed by atoms with Crippen molar-refractivity contribution in [3.05, 3.63) is 65.2 Å². The number of benzene rings is 2. The van der Waals surface area contributed by atoms with E-state index in [0.29, 0.717) is 0 Å². The second-order valence-corrected chi connectivity index (χ2v) is 5.60. The lowest BCUT2D eigenvalue weighted by Gasteiger charge is -2.23. The fourth-order valence-electron chi connectivity index (χ4n) is 2.85. The summed E-state index contributed by atoms with van der Waals surface area (Å²) < 4.78 is 5.73. The smallest absolute Gasteiger partial charge is 0.119 e. The Kier molecular flexibility index (Phi) is 4.23. The van der Waals surface area contributed by atoms with Crippen LogP contribution in [0.2, 0.25) is 0 Å². The molecule has 0 saturated heterocycles. The molecule has 2 aromatic carbocycles. The van der Waals surface area contributed by atoms with Gasteiger partial charge in [0, 0.05) is 6.04 Å². The van der Waals surface area contributed by atoms with Gasteiger partial charge in [0.25, 0.3) is 0 Å². The quantitative estimate of drug-likeness (QED) is 0.906. The van der Waals surface area contributed by atoms with Crippen molar-refractivity contribution in [2.45, 2.75) is 31.4 Å². The average Bonchev–Trinajstić information content (AvgIpc) is 2.54. The largest absolute Gasteiger partial charge is 0.491 e. The van der Waals surface area contributed by atoms with Crippen molar-refractivity contribution < 1.29 is 9.84 Å². The fourth-order valence-corrected chi connectivity index (χ4v) is 2.85. The summed E-state index contributed by atoms with van der Waals surface area (Å²) in [4.78, 5) is 0. The average molecular weight is 283 g/mol. The van der Waals surface area contributed by atoms with Crippen LogP contribution in [0, 0.1) is 0 Å². The third kappa shape index (κ3) is 3.26. The Labute approximate surface area is 125 Å². The number of ether oxygens (including phenoxy) is 1. The van der Waals surface area contributed by atoms with Gasteiger partial charge in [-0.15, -0.1) is 0 Å². The summed E-state index contributed by atoms with van der Waals surface area (Å²) in [7, 11) is 0. The standard InChI is InChI=1S/C18H21NO2/c19-17-8-4-7-13-9-10-15(11-16(13)17)21-12-18(20)14-5-2-1-3-6-14/h1-3,5-6,9-11,17-18,20H,4,7-8,12,19H2. The molecule has 3 nitrogen and oxygen atoms in total. The summed E-state index contributed by atoms with van der Waals surface area (Å²) in [6, 6.07) is 15.8. The van der Waals surface area contributed by atoms with Crippen LogP contribution in [0.25, 0.3) is 0 Å². The van der Waals surface area contributed by atoms with Crippen LogP contribution < -0.4 is 10.5 Å². The molecule has 0 radical (unpaired) electrons. The van der Waals surface area contributed by atoms with Crippen molar-refractivity contribution in [2.75, 3.05) is 6.61 Å². The van der Waals surface area contributed by atoms with Crippen molar-refractivity contribution in [3.63, 3.8) is 0 Å². The van der Waals surface area contributed by atoms with E-state index in [9.17, 15) is 5.11 Å². The van der Waals surface area contributed by atoms with Crippen molar-refractivity contribution in [2.24, 2.45) is 5.73 Å². The monoisotopic (exact) mass is 283 g/mol. The molecule has 0 amide bonds. The Hall–Kier alpha value is -1.84. The van der Waals surface area contributed by atoms with Crippen LogP contribution in [-0.4, -0.2) is 11.7 Å². The van der Waals surface area contributed by atoms with Gasteiger partial charge in [-0.05, 0) is 48.1 Å². The first kappa shape index (κ1) is 14.1. The van der Waals surface area contributed by atoms with Crippen LogP contribution in [0.1, 0.15) is 41.7 Å². The van der Waals surface area contributed by atoms with Gasteiger partial charge < -0.3 is 15.6 Å². The van der Waals surface area contributed by atoms with E-state index < -0.39 is 6.10 Å². The first-order valence-electron chi connectivity index (χ1n) is 7.48. The van der Waals surface area contributed by atoms with Crippen LogP contribution in [0.3, 0.4) is 0 Å². The lowest BCUT2D eigenvalue weighted by molar-refractivity contribution is 0.108. The molecule has 0 bridgehead atoms. The molecule has 0 aromatic heterocycles. The van der Waals surface area contributed by atoms with E-state index in [2.05, 4.69) is 6.07 Å². The highest BCUT2D eigenvalue weighted by atomic mass is 16.5. The summed E-state index contributed by atoms with van der Waals surface area (Å²) in [5, 5.41) is 10.1. The lowest BCUT2D eigenvalue weighted by Crippen LogP contribution is -2.17. The van der Waals surface area contributed by atoms with Gasteiger partial charge in [-0.25, -0.2) is 0 Å². The number of fused-ring (bicyclic) bond motifs is 1. The van der Waals surface area contributed by atoms with Crippen LogP contribution in [0.4, 0.5) is 0 Å². The minimum Gasteiger partial charge on any atom is -0.491 e. The molecule has 3 rings (SSSR count). The van der Waals surface area contributed by atoms with E-state index in [1.165, 1.54) is 11.1 Å². The van der Waals surface area contributed by atoms with E-state index in [1.807, 2.05) is 42.5 Å². The van der Waals surface area contributed by atoms with Crippen molar-refractivity contribution in [1.82, 2.24) is 0 Å². The van der Waals surface area contributed by atoms with Gasteiger partial charge in [-0.1, -0.05) is 36.4 Å². The first-order valence-corrected chi connectivity index (χ1v) is 7.48. The van der Waals surface area contributed by atoms with E-state index in [-0.39, 0.29) is 12.6 Å². The van der Waals surface area contributed by atoms with E-state index in [1.54, 1.807) is 0 Å². The van der Waals surface area contributed by atoms with Gasteiger partial charge in [0.1, 0.15) is 18.5 Å². The molecule has 1 aliphatic carbocycles.